The average molecular weight is 357 g/mol. The Balaban J connectivity index is 1.83. The summed E-state index contributed by atoms with van der Waals surface area (Å²) in [6, 6.07) is 3.82. The lowest BCUT2D eigenvalue weighted by molar-refractivity contribution is 0.416. The van der Waals surface area contributed by atoms with Crippen molar-refractivity contribution in [2.24, 2.45) is 0 Å². The predicted octanol–water partition coefficient (Wildman–Crippen LogP) is 4.94. The maximum Gasteiger partial charge on any atom is 0.143 e. The van der Waals surface area contributed by atoms with E-state index in [1.54, 1.807) is 13.4 Å². The van der Waals surface area contributed by atoms with Gasteiger partial charge in [0, 0.05) is 10.7 Å². The molecule has 0 saturated carbocycles. The first-order chi connectivity index (χ1) is 12.2. The molecule has 2 heterocycles. The first-order valence-electron chi connectivity index (χ1n) is 8.63. The summed E-state index contributed by atoms with van der Waals surface area (Å²) in [4.78, 5) is 12.4. The molecule has 0 aliphatic heterocycles. The van der Waals surface area contributed by atoms with Crippen molar-refractivity contribution < 1.29 is 4.74 Å². The maximum atomic E-state index is 6.31. The van der Waals surface area contributed by atoms with Crippen LogP contribution >= 0.6 is 11.6 Å². The van der Waals surface area contributed by atoms with Crippen LogP contribution in [0.15, 0.2) is 18.5 Å². The summed E-state index contributed by atoms with van der Waals surface area (Å²) in [5.74, 6) is 1.54. The Morgan fingerprint density at radius 1 is 1.16 bits per heavy atom. The third-order valence-corrected chi connectivity index (χ3v) is 5.28. The highest BCUT2D eigenvalue weighted by Crippen LogP contribution is 2.36. The van der Waals surface area contributed by atoms with Crippen molar-refractivity contribution >= 4 is 34.1 Å². The smallest absolute Gasteiger partial charge is 0.143 e. The molecule has 0 bridgehead atoms. The molecule has 0 fully saturated rings. The number of H-pyrrole nitrogens is 1. The third kappa shape index (κ3) is 2.93. The molecule has 130 valence electrons. The second kappa shape index (κ2) is 6.56. The molecule has 3 aromatic rings. The number of anilines is 2. The van der Waals surface area contributed by atoms with Crippen LogP contribution in [0.4, 0.5) is 11.5 Å². The molecule has 0 atom stereocenters. The minimum Gasteiger partial charge on any atom is -0.495 e. The molecule has 5 nitrogen and oxygen atoms in total. The average Bonchev–Trinajstić information content (AvgIpc) is 2.80. The fourth-order valence-electron chi connectivity index (χ4n) is 3.55. The Morgan fingerprint density at radius 3 is 2.84 bits per heavy atom. The number of methoxy groups -OCH3 is 1. The van der Waals surface area contributed by atoms with E-state index in [0.717, 1.165) is 46.7 Å². The summed E-state index contributed by atoms with van der Waals surface area (Å²) < 4.78 is 5.51. The van der Waals surface area contributed by atoms with Gasteiger partial charge in [0.25, 0.3) is 0 Å². The Labute approximate surface area is 151 Å². The Kier molecular flexibility index (Phi) is 4.25. The van der Waals surface area contributed by atoms with Gasteiger partial charge < -0.3 is 15.0 Å². The molecule has 1 aliphatic carbocycles. The van der Waals surface area contributed by atoms with Crippen LogP contribution in [-0.4, -0.2) is 22.1 Å². The molecule has 2 N–H and O–H groups in total. The van der Waals surface area contributed by atoms with Gasteiger partial charge in [0.05, 0.1) is 18.2 Å². The number of halogens is 1. The van der Waals surface area contributed by atoms with Crippen LogP contribution < -0.4 is 10.1 Å². The van der Waals surface area contributed by atoms with E-state index in [0.29, 0.717) is 5.02 Å². The lowest BCUT2D eigenvalue weighted by Gasteiger charge is -2.13. The van der Waals surface area contributed by atoms with Crippen LogP contribution in [-0.2, 0) is 12.8 Å². The molecule has 1 aliphatic rings. The van der Waals surface area contributed by atoms with Gasteiger partial charge in [-0.05, 0) is 55.9 Å². The normalized spacial score (nSPS) is 14.2. The Morgan fingerprint density at radius 2 is 2.00 bits per heavy atom. The third-order valence-electron chi connectivity index (χ3n) is 4.87. The molecule has 1 aromatic carbocycles. The van der Waals surface area contributed by atoms with Gasteiger partial charge in [-0.15, -0.1) is 0 Å². The van der Waals surface area contributed by atoms with Crippen LogP contribution in [0.1, 0.15) is 36.1 Å². The van der Waals surface area contributed by atoms with Crippen molar-refractivity contribution in [3.8, 4) is 5.75 Å². The number of aromatic amines is 1. The fourth-order valence-corrected chi connectivity index (χ4v) is 3.71. The van der Waals surface area contributed by atoms with E-state index in [4.69, 9.17) is 16.3 Å². The number of aryl methyl sites for hydroxylation is 3. The van der Waals surface area contributed by atoms with Crippen LogP contribution in [0.2, 0.25) is 5.02 Å². The molecule has 0 spiro atoms. The monoisotopic (exact) mass is 356 g/mol. The van der Waals surface area contributed by atoms with E-state index in [-0.39, 0.29) is 0 Å². The van der Waals surface area contributed by atoms with Gasteiger partial charge in [0.1, 0.15) is 23.5 Å². The number of hydrogen-bond donors (Lipinski definition) is 2. The summed E-state index contributed by atoms with van der Waals surface area (Å²) in [5, 5.41) is 5.19. The number of nitrogens with zero attached hydrogens (tertiary/aromatic N) is 2. The van der Waals surface area contributed by atoms with Crippen molar-refractivity contribution in [2.75, 3.05) is 12.4 Å². The van der Waals surface area contributed by atoms with Crippen molar-refractivity contribution in [2.45, 2.75) is 39.0 Å². The van der Waals surface area contributed by atoms with Crippen LogP contribution in [0.25, 0.3) is 11.0 Å². The zero-order valence-electron chi connectivity index (χ0n) is 14.4. The van der Waals surface area contributed by atoms with Crippen LogP contribution in [0, 0.1) is 6.92 Å². The summed E-state index contributed by atoms with van der Waals surface area (Å²) in [7, 11) is 1.66. The fraction of sp³-hybridized carbons (Fsp3) is 0.368. The summed E-state index contributed by atoms with van der Waals surface area (Å²) in [6.45, 7) is 1.96. The van der Waals surface area contributed by atoms with Crippen molar-refractivity contribution in [1.82, 2.24) is 15.0 Å². The van der Waals surface area contributed by atoms with Gasteiger partial charge in [-0.2, -0.15) is 0 Å². The van der Waals surface area contributed by atoms with Gasteiger partial charge in [-0.1, -0.05) is 18.0 Å². The number of rotatable bonds is 3. The first-order valence-corrected chi connectivity index (χ1v) is 9.00. The molecule has 0 saturated heterocycles. The Hall–Kier alpha value is -2.27. The Bertz CT molecular complexity index is 935. The van der Waals surface area contributed by atoms with Crippen LogP contribution in [0.3, 0.4) is 0 Å². The second-order valence-corrected chi connectivity index (χ2v) is 6.92. The molecule has 0 amide bonds. The quantitative estimate of drug-likeness (QED) is 0.652. The second-order valence-electron chi connectivity index (χ2n) is 6.52. The van der Waals surface area contributed by atoms with E-state index in [2.05, 4.69) is 20.3 Å². The summed E-state index contributed by atoms with van der Waals surface area (Å²) in [6.07, 6.45) is 7.41. The van der Waals surface area contributed by atoms with Crippen molar-refractivity contribution in [3.05, 3.63) is 40.3 Å². The van der Waals surface area contributed by atoms with E-state index < -0.39 is 0 Å². The predicted molar refractivity (Wildman–Crippen MR) is 101 cm³/mol. The molecule has 25 heavy (non-hydrogen) atoms. The molecule has 6 heteroatoms. The largest absolute Gasteiger partial charge is 0.495 e. The molecule has 2 aromatic heterocycles. The maximum absolute atomic E-state index is 6.31. The van der Waals surface area contributed by atoms with Crippen molar-refractivity contribution in [3.63, 3.8) is 0 Å². The van der Waals surface area contributed by atoms with Gasteiger partial charge in [-0.25, -0.2) is 9.97 Å². The zero-order valence-corrected chi connectivity index (χ0v) is 15.2. The van der Waals surface area contributed by atoms with Gasteiger partial charge in [0.2, 0.25) is 0 Å². The number of nitrogens with one attached hydrogen (secondary N) is 2. The lowest BCUT2D eigenvalue weighted by Crippen LogP contribution is -2.00. The van der Waals surface area contributed by atoms with E-state index in [9.17, 15) is 0 Å². The standard InChI is InChI=1S/C19H21ClN4O/c1-11-8-16(25-2)15(9-13(11)20)24-19-17-12-6-4-3-5-7-14(12)23-18(17)21-10-22-19/h8-10H,3-7H2,1-2H3,(H2,21,22,23,24). The highest BCUT2D eigenvalue weighted by Gasteiger charge is 2.19. The number of fused-ring (bicyclic) bond motifs is 3. The van der Waals surface area contributed by atoms with E-state index in [1.165, 1.54) is 30.5 Å². The van der Waals surface area contributed by atoms with E-state index in [1.807, 2.05) is 19.1 Å². The number of ether oxygens (including phenoxy) is 1. The van der Waals surface area contributed by atoms with Gasteiger partial charge >= 0.3 is 0 Å². The molecule has 0 radical (unpaired) electrons. The summed E-state index contributed by atoms with van der Waals surface area (Å²) >= 11 is 6.31. The molecular formula is C19H21ClN4O. The van der Waals surface area contributed by atoms with Gasteiger partial charge in [-0.3, -0.25) is 0 Å². The highest BCUT2D eigenvalue weighted by atomic mass is 35.5. The van der Waals surface area contributed by atoms with Crippen LogP contribution in [0.5, 0.6) is 5.75 Å². The molecular weight excluding hydrogens is 336 g/mol. The number of hydrogen-bond acceptors (Lipinski definition) is 4. The topological polar surface area (TPSA) is 62.8 Å². The molecule has 4 rings (SSSR count). The first kappa shape index (κ1) is 16.2. The number of aromatic nitrogens is 3. The minimum absolute atomic E-state index is 0.696. The lowest BCUT2D eigenvalue weighted by atomic mass is 10.1. The number of benzene rings is 1. The minimum atomic E-state index is 0.696. The summed E-state index contributed by atoms with van der Waals surface area (Å²) in [5.41, 5.74) is 5.31. The SMILES string of the molecule is COc1cc(C)c(Cl)cc1Nc1ncnc2[nH]c3c(c12)CCCCC3. The highest BCUT2D eigenvalue weighted by molar-refractivity contribution is 6.31. The molecule has 0 unspecified atom stereocenters. The zero-order chi connectivity index (χ0) is 17.4. The van der Waals surface area contributed by atoms with Gasteiger partial charge in [0.15, 0.2) is 0 Å². The van der Waals surface area contributed by atoms with Crippen molar-refractivity contribution in [1.29, 1.82) is 0 Å². The van der Waals surface area contributed by atoms with E-state index >= 15 is 0 Å².